The summed E-state index contributed by atoms with van der Waals surface area (Å²) >= 11 is 6.27. The second-order valence-electron chi connectivity index (χ2n) is 7.53. The van der Waals surface area contributed by atoms with Gasteiger partial charge in [-0.15, -0.1) is 0 Å². The van der Waals surface area contributed by atoms with Crippen molar-refractivity contribution in [3.05, 3.63) is 62.8 Å². The predicted molar refractivity (Wildman–Crippen MR) is 116 cm³/mol. The van der Waals surface area contributed by atoms with Crippen molar-refractivity contribution in [2.75, 3.05) is 6.61 Å². The number of fused-ring (bicyclic) bond motifs is 2. The first-order chi connectivity index (χ1) is 15.5. The van der Waals surface area contributed by atoms with Gasteiger partial charge in [0.25, 0.3) is 5.56 Å². The first kappa shape index (κ1) is 20.3. The topological polar surface area (TPSA) is 128 Å². The number of nitrogens with one attached hydrogen (secondary N) is 1. The maximum absolute atomic E-state index is 12.7. The number of hydrogen-bond donors (Lipinski definition) is 2. The van der Waals surface area contributed by atoms with E-state index in [1.165, 1.54) is 34.4 Å². The van der Waals surface area contributed by atoms with E-state index in [0.717, 1.165) is 30.0 Å². The van der Waals surface area contributed by atoms with E-state index in [1.807, 2.05) is 12.1 Å². The van der Waals surface area contributed by atoms with Gasteiger partial charge in [0.2, 0.25) is 5.95 Å². The molecule has 5 rings (SSSR count). The molecule has 1 aliphatic carbocycles. The summed E-state index contributed by atoms with van der Waals surface area (Å²) < 4.78 is 8.78. The van der Waals surface area contributed by atoms with E-state index in [4.69, 9.17) is 21.4 Å². The van der Waals surface area contributed by atoms with Crippen molar-refractivity contribution in [3.8, 4) is 11.7 Å². The average molecular weight is 455 g/mol. The van der Waals surface area contributed by atoms with Crippen LogP contribution in [-0.4, -0.2) is 47.2 Å². The molecule has 0 saturated carbocycles. The van der Waals surface area contributed by atoms with Crippen LogP contribution in [0.3, 0.4) is 0 Å². The molecule has 0 atom stereocenters. The van der Waals surface area contributed by atoms with Gasteiger partial charge >= 0.3 is 5.97 Å². The van der Waals surface area contributed by atoms with Gasteiger partial charge < -0.3 is 9.84 Å². The summed E-state index contributed by atoms with van der Waals surface area (Å²) in [4.78, 5) is 30.7. The van der Waals surface area contributed by atoms with Crippen molar-refractivity contribution < 1.29 is 14.6 Å². The summed E-state index contributed by atoms with van der Waals surface area (Å²) in [6.45, 7) is 0.957. The SMILES string of the molecule is O=C(O)c1cnn(-c2nc3cnn(CCCOc4ccc(Cl)c5c4CCC5)c3c(=O)[nH]2)c1. The van der Waals surface area contributed by atoms with Crippen molar-refractivity contribution in [2.24, 2.45) is 0 Å². The highest BCUT2D eigenvalue weighted by Crippen LogP contribution is 2.35. The lowest BCUT2D eigenvalue weighted by Crippen LogP contribution is -2.17. The van der Waals surface area contributed by atoms with Crippen LogP contribution in [-0.2, 0) is 19.4 Å². The van der Waals surface area contributed by atoms with E-state index in [2.05, 4.69) is 20.2 Å². The highest BCUT2D eigenvalue weighted by molar-refractivity contribution is 6.31. The third-order valence-corrected chi connectivity index (χ3v) is 5.84. The number of carbonyl (C=O) groups is 1. The molecule has 11 heteroatoms. The standard InChI is InChI=1S/C21H19ClN6O4/c22-15-5-6-17(14-4-1-3-13(14)15)32-8-2-7-27-18-16(10-24-27)25-21(26-19(18)29)28-11-12(9-23-28)20(30)31/h5-6,9-11H,1-4,7-8H2,(H,30,31)(H,25,26,29). The number of carboxylic acid groups (broad SMARTS) is 1. The molecule has 0 saturated heterocycles. The summed E-state index contributed by atoms with van der Waals surface area (Å²) in [5, 5.41) is 18.0. The van der Waals surface area contributed by atoms with Gasteiger partial charge in [0.15, 0.2) is 5.52 Å². The average Bonchev–Trinajstić information content (AvgIpc) is 3.52. The third-order valence-electron chi connectivity index (χ3n) is 5.49. The maximum atomic E-state index is 12.7. The minimum atomic E-state index is -1.11. The van der Waals surface area contributed by atoms with Crippen LogP contribution in [0.5, 0.6) is 5.75 Å². The second-order valence-corrected chi connectivity index (χ2v) is 7.94. The van der Waals surface area contributed by atoms with Gasteiger partial charge in [0.1, 0.15) is 11.3 Å². The largest absolute Gasteiger partial charge is 0.493 e. The number of hydrogen-bond acceptors (Lipinski definition) is 6. The van der Waals surface area contributed by atoms with Crippen LogP contribution in [0.25, 0.3) is 17.0 Å². The Hall–Kier alpha value is -3.66. The Balaban J connectivity index is 1.29. The quantitative estimate of drug-likeness (QED) is 0.411. The fourth-order valence-corrected chi connectivity index (χ4v) is 4.25. The molecule has 0 spiro atoms. The molecular formula is C21H19ClN6O4. The highest BCUT2D eigenvalue weighted by atomic mass is 35.5. The van der Waals surface area contributed by atoms with Gasteiger partial charge in [-0.1, -0.05) is 11.6 Å². The Morgan fingerprint density at radius 3 is 2.88 bits per heavy atom. The molecule has 0 aliphatic heterocycles. The number of aromatic amines is 1. The number of H-pyrrole nitrogens is 1. The number of rotatable bonds is 7. The van der Waals surface area contributed by atoms with Crippen molar-refractivity contribution in [3.63, 3.8) is 0 Å². The van der Waals surface area contributed by atoms with E-state index in [1.54, 1.807) is 4.68 Å². The van der Waals surface area contributed by atoms with Crippen LogP contribution in [0.1, 0.15) is 34.3 Å². The number of nitrogens with zero attached hydrogens (tertiary/aromatic N) is 5. The van der Waals surface area contributed by atoms with Gasteiger partial charge in [0.05, 0.1) is 24.6 Å². The molecule has 1 aromatic carbocycles. The molecule has 3 aromatic heterocycles. The van der Waals surface area contributed by atoms with Crippen LogP contribution in [0.4, 0.5) is 0 Å². The lowest BCUT2D eigenvalue weighted by molar-refractivity contribution is 0.0697. The number of aromatic carboxylic acids is 1. The third kappa shape index (κ3) is 3.62. The molecule has 32 heavy (non-hydrogen) atoms. The maximum Gasteiger partial charge on any atom is 0.338 e. The normalized spacial score (nSPS) is 12.9. The van der Waals surface area contributed by atoms with Crippen molar-refractivity contribution in [1.29, 1.82) is 0 Å². The van der Waals surface area contributed by atoms with Crippen molar-refractivity contribution >= 4 is 28.6 Å². The first-order valence-corrected chi connectivity index (χ1v) is 10.6. The van der Waals surface area contributed by atoms with Gasteiger partial charge in [0, 0.05) is 24.2 Å². The zero-order chi connectivity index (χ0) is 22.2. The predicted octanol–water partition coefficient (Wildman–Crippen LogP) is 2.61. The zero-order valence-corrected chi connectivity index (χ0v) is 17.7. The molecule has 0 radical (unpaired) electrons. The molecule has 0 unspecified atom stereocenters. The van der Waals surface area contributed by atoms with Crippen LogP contribution in [0.2, 0.25) is 5.02 Å². The number of benzene rings is 1. The van der Waals surface area contributed by atoms with E-state index in [0.29, 0.717) is 30.6 Å². The Labute approximate surface area is 186 Å². The lowest BCUT2D eigenvalue weighted by atomic mass is 10.1. The number of ether oxygens (including phenoxy) is 1. The van der Waals surface area contributed by atoms with Gasteiger partial charge in [-0.2, -0.15) is 10.2 Å². The van der Waals surface area contributed by atoms with Crippen LogP contribution < -0.4 is 10.3 Å². The molecule has 1 aliphatic rings. The minimum absolute atomic E-state index is 0.00484. The summed E-state index contributed by atoms with van der Waals surface area (Å²) in [6, 6.07) is 3.79. The van der Waals surface area contributed by atoms with Crippen LogP contribution in [0, 0.1) is 0 Å². The van der Waals surface area contributed by atoms with E-state index in [-0.39, 0.29) is 17.1 Å². The van der Waals surface area contributed by atoms with Gasteiger partial charge in [-0.25, -0.2) is 14.5 Å². The first-order valence-electron chi connectivity index (χ1n) is 10.2. The number of halogens is 1. The van der Waals surface area contributed by atoms with E-state index < -0.39 is 5.97 Å². The fourth-order valence-electron chi connectivity index (χ4n) is 3.98. The van der Waals surface area contributed by atoms with Gasteiger partial charge in [-0.05, 0) is 42.5 Å². The summed E-state index contributed by atoms with van der Waals surface area (Å²) in [6.07, 6.45) is 7.66. The molecule has 164 valence electrons. The summed E-state index contributed by atoms with van der Waals surface area (Å²) in [5.74, 6) is -0.121. The smallest absolute Gasteiger partial charge is 0.338 e. The molecule has 4 aromatic rings. The second kappa shape index (κ2) is 8.12. The van der Waals surface area contributed by atoms with Crippen LogP contribution in [0.15, 0.2) is 35.5 Å². The molecule has 3 heterocycles. The molecule has 0 bridgehead atoms. The van der Waals surface area contributed by atoms with Crippen LogP contribution >= 0.6 is 11.6 Å². The van der Waals surface area contributed by atoms with E-state index >= 15 is 0 Å². The van der Waals surface area contributed by atoms with Gasteiger partial charge in [-0.3, -0.25) is 14.5 Å². The number of aromatic nitrogens is 6. The number of carboxylic acids is 1. The molecule has 0 amide bonds. The lowest BCUT2D eigenvalue weighted by Gasteiger charge is -2.12. The molecule has 10 nitrogen and oxygen atoms in total. The molecule has 0 fully saturated rings. The van der Waals surface area contributed by atoms with Crippen molar-refractivity contribution in [2.45, 2.75) is 32.2 Å². The molecule has 2 N–H and O–H groups in total. The Bertz CT molecular complexity index is 1390. The Morgan fingerprint density at radius 1 is 1.22 bits per heavy atom. The number of aryl methyl sites for hydroxylation is 1. The Kier molecular flexibility index (Phi) is 5.14. The monoisotopic (exact) mass is 454 g/mol. The highest BCUT2D eigenvalue weighted by Gasteiger charge is 2.19. The zero-order valence-electron chi connectivity index (χ0n) is 16.9. The summed E-state index contributed by atoms with van der Waals surface area (Å²) in [5.41, 5.74) is 2.73. The fraction of sp³-hybridized carbons (Fsp3) is 0.286. The molecular weight excluding hydrogens is 436 g/mol. The minimum Gasteiger partial charge on any atom is -0.493 e. The summed E-state index contributed by atoms with van der Waals surface area (Å²) in [7, 11) is 0. The van der Waals surface area contributed by atoms with E-state index in [9.17, 15) is 9.59 Å². The van der Waals surface area contributed by atoms with Crippen molar-refractivity contribution in [1.82, 2.24) is 29.5 Å². The Morgan fingerprint density at radius 2 is 2.06 bits per heavy atom.